The molecule has 3 rings (SSSR count). The topological polar surface area (TPSA) is 68.0 Å². The molecule has 0 saturated carbocycles. The second kappa shape index (κ2) is 6.72. The van der Waals surface area contributed by atoms with Gasteiger partial charge in [-0.3, -0.25) is 4.79 Å². The van der Waals surface area contributed by atoms with Crippen LogP contribution in [0.3, 0.4) is 0 Å². The lowest BCUT2D eigenvalue weighted by atomic mass is 10.2. The second-order valence-electron chi connectivity index (χ2n) is 5.20. The Morgan fingerprint density at radius 2 is 2.26 bits per heavy atom. The van der Waals surface area contributed by atoms with Crippen molar-refractivity contribution in [1.82, 2.24) is 15.3 Å². The number of aryl methyl sites for hydroxylation is 2. The van der Waals surface area contributed by atoms with E-state index < -0.39 is 0 Å². The van der Waals surface area contributed by atoms with E-state index in [-0.39, 0.29) is 11.2 Å². The molecule has 0 aliphatic rings. The molecule has 0 aromatic carbocycles. The van der Waals surface area contributed by atoms with Crippen molar-refractivity contribution < 1.29 is 9.21 Å². The number of fused-ring (bicyclic) bond motifs is 1. The van der Waals surface area contributed by atoms with Crippen molar-refractivity contribution in [1.29, 1.82) is 0 Å². The number of carbonyl (C=O) groups is 1. The first-order valence-corrected chi connectivity index (χ1v) is 8.93. The van der Waals surface area contributed by atoms with Crippen LogP contribution in [0.1, 0.15) is 23.1 Å². The summed E-state index contributed by atoms with van der Waals surface area (Å²) in [5.74, 6) is 0.701. The summed E-state index contributed by atoms with van der Waals surface area (Å²) in [5, 5.41) is 4.55. The third-order valence-electron chi connectivity index (χ3n) is 3.61. The van der Waals surface area contributed by atoms with E-state index in [2.05, 4.69) is 29.1 Å². The van der Waals surface area contributed by atoms with Crippen molar-refractivity contribution in [3.05, 3.63) is 40.9 Å². The summed E-state index contributed by atoms with van der Waals surface area (Å²) < 4.78 is 5.22. The van der Waals surface area contributed by atoms with Crippen LogP contribution >= 0.6 is 23.1 Å². The third-order valence-corrected chi connectivity index (χ3v) is 5.82. The van der Waals surface area contributed by atoms with Crippen LogP contribution in [-0.2, 0) is 11.3 Å². The van der Waals surface area contributed by atoms with Crippen molar-refractivity contribution in [3.63, 3.8) is 0 Å². The molecule has 5 nitrogen and oxygen atoms in total. The SMILES string of the molecule is Cc1sc2ncnc(S[C@H](C)C(=O)NCc3ccco3)c2c1C. The van der Waals surface area contributed by atoms with Crippen molar-refractivity contribution in [2.75, 3.05) is 0 Å². The molecule has 0 saturated heterocycles. The number of thiophene rings is 1. The van der Waals surface area contributed by atoms with Crippen LogP contribution in [0.4, 0.5) is 0 Å². The van der Waals surface area contributed by atoms with Gasteiger partial charge in [0.25, 0.3) is 0 Å². The van der Waals surface area contributed by atoms with Gasteiger partial charge in [-0.15, -0.1) is 11.3 Å². The van der Waals surface area contributed by atoms with Gasteiger partial charge in [-0.2, -0.15) is 0 Å². The standard InChI is InChI=1S/C16H17N3O2S2/c1-9-10(2)22-15-13(9)16(19-8-18-15)23-11(3)14(20)17-7-12-5-4-6-21-12/h4-6,8,11H,7H2,1-3H3,(H,17,20)/t11-/m1/s1. The van der Waals surface area contributed by atoms with Crippen LogP contribution in [0.25, 0.3) is 10.2 Å². The Hall–Kier alpha value is -1.86. The zero-order chi connectivity index (χ0) is 16.4. The van der Waals surface area contributed by atoms with Crippen LogP contribution in [-0.4, -0.2) is 21.1 Å². The van der Waals surface area contributed by atoms with Crippen molar-refractivity contribution >= 4 is 39.2 Å². The van der Waals surface area contributed by atoms with E-state index in [0.717, 1.165) is 21.0 Å². The fourth-order valence-electron chi connectivity index (χ4n) is 2.19. The van der Waals surface area contributed by atoms with Crippen LogP contribution < -0.4 is 5.32 Å². The first kappa shape index (κ1) is 16.0. The van der Waals surface area contributed by atoms with Crippen molar-refractivity contribution in [2.24, 2.45) is 0 Å². The van der Waals surface area contributed by atoms with E-state index in [1.807, 2.05) is 13.0 Å². The lowest BCUT2D eigenvalue weighted by molar-refractivity contribution is -0.120. The van der Waals surface area contributed by atoms with Crippen LogP contribution in [0.15, 0.2) is 34.2 Å². The van der Waals surface area contributed by atoms with E-state index in [1.165, 1.54) is 22.2 Å². The quantitative estimate of drug-likeness (QED) is 0.563. The Bertz CT molecular complexity index is 827. The lowest BCUT2D eigenvalue weighted by Crippen LogP contribution is -2.30. The third kappa shape index (κ3) is 3.40. The molecule has 3 aromatic rings. The Kier molecular flexibility index (Phi) is 4.68. The maximum atomic E-state index is 12.3. The summed E-state index contributed by atoms with van der Waals surface area (Å²) in [6.45, 7) is 6.43. The molecular formula is C16H17N3O2S2. The number of furan rings is 1. The summed E-state index contributed by atoms with van der Waals surface area (Å²) in [5.41, 5.74) is 1.19. The van der Waals surface area contributed by atoms with Crippen LogP contribution in [0, 0.1) is 13.8 Å². The van der Waals surface area contributed by atoms with E-state index in [9.17, 15) is 4.79 Å². The smallest absolute Gasteiger partial charge is 0.233 e. The van der Waals surface area contributed by atoms with E-state index in [4.69, 9.17) is 4.42 Å². The number of nitrogens with one attached hydrogen (secondary N) is 1. The van der Waals surface area contributed by atoms with Crippen molar-refractivity contribution in [2.45, 2.75) is 37.6 Å². The molecule has 1 amide bonds. The van der Waals surface area contributed by atoms with Gasteiger partial charge in [0, 0.05) is 10.3 Å². The summed E-state index contributed by atoms with van der Waals surface area (Å²) in [4.78, 5) is 23.2. The highest BCUT2D eigenvalue weighted by Crippen LogP contribution is 2.35. The second-order valence-corrected chi connectivity index (χ2v) is 7.73. The zero-order valence-corrected chi connectivity index (χ0v) is 14.8. The van der Waals surface area contributed by atoms with Gasteiger partial charge < -0.3 is 9.73 Å². The molecule has 1 N–H and O–H groups in total. The zero-order valence-electron chi connectivity index (χ0n) is 13.1. The molecular weight excluding hydrogens is 330 g/mol. The van der Waals surface area contributed by atoms with E-state index >= 15 is 0 Å². The molecule has 120 valence electrons. The van der Waals surface area contributed by atoms with Gasteiger partial charge in [0.15, 0.2) is 0 Å². The Morgan fingerprint density at radius 3 is 3.00 bits per heavy atom. The summed E-state index contributed by atoms with van der Waals surface area (Å²) in [7, 11) is 0. The highest BCUT2D eigenvalue weighted by Gasteiger charge is 2.19. The predicted molar refractivity (Wildman–Crippen MR) is 92.8 cm³/mol. The highest BCUT2D eigenvalue weighted by molar-refractivity contribution is 8.00. The van der Waals surface area contributed by atoms with Gasteiger partial charge in [-0.1, -0.05) is 11.8 Å². The van der Waals surface area contributed by atoms with E-state index in [1.54, 1.807) is 30.0 Å². The normalized spacial score (nSPS) is 12.5. The number of amides is 1. The van der Waals surface area contributed by atoms with Crippen LogP contribution in [0.2, 0.25) is 0 Å². The number of hydrogen-bond acceptors (Lipinski definition) is 6. The minimum Gasteiger partial charge on any atom is -0.467 e. The highest BCUT2D eigenvalue weighted by atomic mass is 32.2. The average molecular weight is 347 g/mol. The monoisotopic (exact) mass is 347 g/mol. The number of aromatic nitrogens is 2. The summed E-state index contributed by atoms with van der Waals surface area (Å²) in [6.07, 6.45) is 3.16. The number of thioether (sulfide) groups is 1. The number of hydrogen-bond donors (Lipinski definition) is 1. The Morgan fingerprint density at radius 1 is 1.43 bits per heavy atom. The van der Waals surface area contributed by atoms with Crippen LogP contribution in [0.5, 0.6) is 0 Å². The average Bonchev–Trinajstić information content (AvgIpc) is 3.14. The molecule has 0 fully saturated rings. The Balaban J connectivity index is 1.72. The molecule has 3 heterocycles. The molecule has 23 heavy (non-hydrogen) atoms. The van der Waals surface area contributed by atoms with Gasteiger partial charge in [-0.25, -0.2) is 9.97 Å². The largest absolute Gasteiger partial charge is 0.467 e. The van der Waals surface area contributed by atoms with Gasteiger partial charge >= 0.3 is 0 Å². The first-order valence-electron chi connectivity index (χ1n) is 7.23. The van der Waals surface area contributed by atoms with Crippen molar-refractivity contribution in [3.8, 4) is 0 Å². The maximum absolute atomic E-state index is 12.3. The van der Waals surface area contributed by atoms with Gasteiger partial charge in [0.1, 0.15) is 21.9 Å². The van der Waals surface area contributed by atoms with Gasteiger partial charge in [0.05, 0.1) is 18.1 Å². The first-order chi connectivity index (χ1) is 11.1. The van der Waals surface area contributed by atoms with Gasteiger partial charge in [0.2, 0.25) is 5.91 Å². The summed E-state index contributed by atoms with van der Waals surface area (Å²) in [6, 6.07) is 3.64. The summed E-state index contributed by atoms with van der Waals surface area (Å²) >= 11 is 3.12. The molecule has 3 aromatic heterocycles. The number of carbonyl (C=O) groups excluding carboxylic acids is 1. The Labute approximate surface area is 142 Å². The molecule has 1 atom stereocenters. The minimum atomic E-state index is -0.248. The lowest BCUT2D eigenvalue weighted by Gasteiger charge is -2.11. The molecule has 0 bridgehead atoms. The molecule has 0 unspecified atom stereocenters. The molecule has 0 aliphatic carbocycles. The molecule has 7 heteroatoms. The predicted octanol–water partition coefficient (Wildman–Crippen LogP) is 3.70. The fourth-order valence-corrected chi connectivity index (χ4v) is 4.25. The molecule has 0 spiro atoms. The van der Waals surface area contributed by atoms with E-state index in [0.29, 0.717) is 6.54 Å². The number of rotatable bonds is 5. The number of nitrogens with zero attached hydrogens (tertiary/aromatic N) is 2. The maximum Gasteiger partial charge on any atom is 0.233 e. The molecule has 0 radical (unpaired) electrons. The fraction of sp³-hybridized carbons (Fsp3) is 0.312. The molecule has 0 aliphatic heterocycles. The van der Waals surface area contributed by atoms with Gasteiger partial charge in [-0.05, 0) is 38.5 Å². The minimum absolute atomic E-state index is 0.0391.